The highest BCUT2D eigenvalue weighted by molar-refractivity contribution is 7.93. The molecule has 182 valence electrons. The lowest BCUT2D eigenvalue weighted by Crippen LogP contribution is -2.16. The third-order valence-electron chi connectivity index (χ3n) is 5.16. The Bertz CT molecular complexity index is 1670. The lowest BCUT2D eigenvalue weighted by Gasteiger charge is -2.14. The van der Waals surface area contributed by atoms with Gasteiger partial charge >= 0.3 is 5.97 Å². The second kappa shape index (κ2) is 9.84. The van der Waals surface area contributed by atoms with Crippen LogP contribution in [-0.4, -0.2) is 39.7 Å². The van der Waals surface area contributed by atoms with Crippen LogP contribution in [0.5, 0.6) is 0 Å². The van der Waals surface area contributed by atoms with Crippen LogP contribution in [0.3, 0.4) is 0 Å². The van der Waals surface area contributed by atoms with Gasteiger partial charge in [-0.3, -0.25) is 4.72 Å². The highest BCUT2D eigenvalue weighted by Crippen LogP contribution is 2.29. The number of aromatic nitrogens is 4. The molecule has 0 fully saturated rings. The molecule has 12 heteroatoms. The molecule has 5 rings (SSSR count). The minimum absolute atomic E-state index is 0.00963. The number of anilines is 3. The second-order valence-electron chi connectivity index (χ2n) is 7.74. The zero-order chi connectivity index (χ0) is 25.1. The van der Waals surface area contributed by atoms with Crippen molar-refractivity contribution < 1.29 is 17.9 Å². The summed E-state index contributed by atoms with van der Waals surface area (Å²) >= 11 is 0.938. The molecule has 2 N–H and O–H groups in total. The Morgan fingerprint density at radius 1 is 0.889 bits per heavy atom. The van der Waals surface area contributed by atoms with Gasteiger partial charge in [-0.25, -0.2) is 23.2 Å². The van der Waals surface area contributed by atoms with E-state index < -0.39 is 16.0 Å². The molecule has 3 aromatic carbocycles. The number of rotatable bonds is 8. The van der Waals surface area contributed by atoms with E-state index in [1.807, 2.05) is 13.0 Å². The summed E-state index contributed by atoms with van der Waals surface area (Å²) in [7, 11) is -4.07. The predicted molar refractivity (Wildman–Crippen MR) is 138 cm³/mol. The van der Waals surface area contributed by atoms with Crippen LogP contribution in [0.2, 0.25) is 0 Å². The average Bonchev–Trinajstić information content (AvgIpc) is 3.37. The molecule has 0 unspecified atom stereocenters. The van der Waals surface area contributed by atoms with Crippen LogP contribution in [0, 0.1) is 0 Å². The molecule has 36 heavy (non-hydrogen) atoms. The van der Waals surface area contributed by atoms with Crippen LogP contribution in [-0.2, 0) is 14.8 Å². The van der Waals surface area contributed by atoms with Crippen molar-refractivity contribution in [2.24, 2.45) is 0 Å². The summed E-state index contributed by atoms with van der Waals surface area (Å²) in [4.78, 5) is 21.2. The van der Waals surface area contributed by atoms with Gasteiger partial charge in [0.05, 0.1) is 34.9 Å². The number of ether oxygens (including phenoxy) is 1. The van der Waals surface area contributed by atoms with E-state index in [-0.39, 0.29) is 22.0 Å². The number of benzene rings is 3. The van der Waals surface area contributed by atoms with Gasteiger partial charge in [-0.2, -0.15) is 8.75 Å². The number of hydrogen-bond acceptors (Lipinski definition) is 10. The molecule has 0 bridgehead atoms. The quantitative estimate of drug-likeness (QED) is 0.278. The molecular formula is C24H20N6O4S2. The Balaban J connectivity index is 1.50. The van der Waals surface area contributed by atoms with Crippen LogP contribution < -0.4 is 10.0 Å². The highest BCUT2D eigenvalue weighted by Gasteiger charge is 2.23. The largest absolute Gasteiger partial charge is 0.462 e. The number of carbonyl (C=O) groups is 1. The number of nitrogens with zero attached hydrogens (tertiary/aromatic N) is 4. The summed E-state index contributed by atoms with van der Waals surface area (Å²) in [5.74, 6) is -0.199. The van der Waals surface area contributed by atoms with Crippen molar-refractivity contribution in [3.05, 3.63) is 72.3 Å². The van der Waals surface area contributed by atoms with Gasteiger partial charge in [0.25, 0.3) is 10.0 Å². The maximum atomic E-state index is 13.3. The molecule has 0 atom stereocenters. The zero-order valence-electron chi connectivity index (χ0n) is 19.0. The molecule has 0 radical (unpaired) electrons. The number of nitrogens with one attached hydrogen (secondary N) is 2. The number of sulfonamides is 1. The summed E-state index contributed by atoms with van der Waals surface area (Å²) in [6, 6.07) is 18.5. The maximum absolute atomic E-state index is 13.3. The van der Waals surface area contributed by atoms with Crippen LogP contribution >= 0.6 is 11.7 Å². The van der Waals surface area contributed by atoms with Crippen molar-refractivity contribution in [2.45, 2.75) is 18.2 Å². The Morgan fingerprint density at radius 2 is 1.58 bits per heavy atom. The second-order valence-corrected chi connectivity index (χ2v) is 9.92. The van der Waals surface area contributed by atoms with E-state index >= 15 is 0 Å². The van der Waals surface area contributed by atoms with Crippen molar-refractivity contribution in [3.8, 4) is 0 Å². The van der Waals surface area contributed by atoms with E-state index in [0.29, 0.717) is 34.4 Å². The summed E-state index contributed by atoms with van der Waals surface area (Å²) in [5.41, 5.74) is 2.85. The highest BCUT2D eigenvalue weighted by atomic mass is 32.2. The molecule has 5 aromatic rings. The summed E-state index contributed by atoms with van der Waals surface area (Å²) in [5, 5.41) is 3.10. The maximum Gasteiger partial charge on any atom is 0.338 e. The van der Waals surface area contributed by atoms with Crippen molar-refractivity contribution in [2.75, 3.05) is 16.6 Å². The van der Waals surface area contributed by atoms with Crippen LogP contribution in [0.15, 0.2) is 71.6 Å². The first kappa shape index (κ1) is 23.6. The van der Waals surface area contributed by atoms with Gasteiger partial charge in [-0.15, -0.1) is 0 Å². The fourth-order valence-corrected chi connectivity index (χ4v) is 5.22. The van der Waals surface area contributed by atoms with Crippen molar-refractivity contribution in [1.82, 2.24) is 18.7 Å². The Kier molecular flexibility index (Phi) is 6.44. The zero-order valence-corrected chi connectivity index (χ0v) is 20.6. The van der Waals surface area contributed by atoms with Crippen LogP contribution in [0.1, 0.15) is 23.7 Å². The third kappa shape index (κ3) is 4.81. The van der Waals surface area contributed by atoms with Gasteiger partial charge in [0.1, 0.15) is 15.9 Å². The van der Waals surface area contributed by atoms with E-state index in [0.717, 1.165) is 18.1 Å². The Labute approximate surface area is 210 Å². The topological polar surface area (TPSA) is 136 Å². The molecule has 2 heterocycles. The summed E-state index contributed by atoms with van der Waals surface area (Å²) in [6.07, 6.45) is 0.734. The van der Waals surface area contributed by atoms with Gasteiger partial charge in [0.15, 0.2) is 11.6 Å². The number of carbonyl (C=O) groups excluding carboxylic acids is 1. The molecule has 0 aliphatic rings. The van der Waals surface area contributed by atoms with E-state index in [1.165, 1.54) is 6.07 Å². The van der Waals surface area contributed by atoms with E-state index in [4.69, 9.17) is 4.74 Å². The molecular weight excluding hydrogens is 500 g/mol. The van der Waals surface area contributed by atoms with Crippen molar-refractivity contribution in [3.63, 3.8) is 0 Å². The monoisotopic (exact) mass is 520 g/mol. The average molecular weight is 521 g/mol. The lowest BCUT2D eigenvalue weighted by molar-refractivity contribution is 0.0505. The van der Waals surface area contributed by atoms with Gasteiger partial charge in [0.2, 0.25) is 0 Å². The molecule has 0 spiro atoms. The number of esters is 1. The molecule has 0 amide bonds. The van der Waals surface area contributed by atoms with Gasteiger partial charge in [-0.1, -0.05) is 25.1 Å². The van der Waals surface area contributed by atoms with Gasteiger partial charge in [-0.05, 0) is 55.0 Å². The number of para-hydroxylation sites is 2. The predicted octanol–water partition coefficient (Wildman–Crippen LogP) is 4.75. The first-order valence-electron chi connectivity index (χ1n) is 11.0. The number of fused-ring (bicyclic) bond motifs is 2. The molecule has 2 aromatic heterocycles. The lowest BCUT2D eigenvalue weighted by atomic mass is 10.2. The van der Waals surface area contributed by atoms with E-state index in [2.05, 4.69) is 28.8 Å². The molecule has 0 saturated carbocycles. The fraction of sp³-hybridized carbons (Fsp3) is 0.125. The SMILES string of the molecule is CCCOC(=O)c1ccc(Nc2nc3ccccc3nc2NS(=O)(=O)c2cccc3nsnc23)cc1. The number of hydrogen-bond donors (Lipinski definition) is 2. The van der Waals surface area contributed by atoms with Gasteiger partial charge < -0.3 is 10.1 Å². The molecule has 0 saturated heterocycles. The molecule has 0 aliphatic heterocycles. The van der Waals surface area contributed by atoms with E-state index in [9.17, 15) is 13.2 Å². The van der Waals surface area contributed by atoms with Gasteiger partial charge in [0, 0.05) is 5.69 Å². The standard InChI is InChI=1S/C24H20N6O4S2/c1-2-14-34-24(31)15-10-12-16(13-11-15)25-22-23(27-18-7-4-3-6-17(18)26-22)30-36(32,33)20-9-5-8-19-21(20)29-35-28-19/h3-13H,2,14H2,1H3,(H,25,26)(H,27,30). The van der Waals surface area contributed by atoms with Crippen molar-refractivity contribution in [1.29, 1.82) is 0 Å². The smallest absolute Gasteiger partial charge is 0.338 e. The van der Waals surface area contributed by atoms with Crippen molar-refractivity contribution >= 4 is 67.1 Å². The fourth-order valence-electron chi connectivity index (χ4n) is 3.44. The summed E-state index contributed by atoms with van der Waals surface area (Å²) in [6.45, 7) is 2.27. The molecule has 10 nitrogen and oxygen atoms in total. The summed E-state index contributed by atoms with van der Waals surface area (Å²) < 4.78 is 42.6. The Morgan fingerprint density at radius 3 is 2.31 bits per heavy atom. The first-order chi connectivity index (χ1) is 17.4. The molecule has 0 aliphatic carbocycles. The van der Waals surface area contributed by atoms with Crippen LogP contribution in [0.25, 0.3) is 22.1 Å². The third-order valence-corrected chi connectivity index (χ3v) is 7.07. The minimum Gasteiger partial charge on any atom is -0.462 e. The normalized spacial score (nSPS) is 11.5. The Hall–Kier alpha value is -4.16. The van der Waals surface area contributed by atoms with E-state index in [1.54, 1.807) is 54.6 Å². The first-order valence-corrected chi connectivity index (χ1v) is 13.2. The minimum atomic E-state index is -4.07. The van der Waals surface area contributed by atoms with Crippen LogP contribution in [0.4, 0.5) is 17.3 Å².